The number of hydrogen-bond donors (Lipinski definition) is 2. The van der Waals surface area contributed by atoms with Crippen LogP contribution in [0, 0.1) is 5.92 Å². The van der Waals surface area contributed by atoms with Gasteiger partial charge in [0.1, 0.15) is 0 Å². The van der Waals surface area contributed by atoms with Crippen molar-refractivity contribution in [3.63, 3.8) is 0 Å². The van der Waals surface area contributed by atoms with Crippen LogP contribution in [0.15, 0.2) is 36.5 Å². The predicted octanol–water partition coefficient (Wildman–Crippen LogP) is 4.04. The van der Waals surface area contributed by atoms with Crippen molar-refractivity contribution >= 4 is 28.9 Å². The molecule has 5 nitrogen and oxygen atoms in total. The third kappa shape index (κ3) is 3.87. The Morgan fingerprint density at radius 1 is 1.15 bits per heavy atom. The highest BCUT2D eigenvalue weighted by Crippen LogP contribution is 2.32. The van der Waals surface area contributed by atoms with Gasteiger partial charge >= 0.3 is 0 Å². The molecule has 0 radical (unpaired) electrons. The number of nitrogen functional groups attached to an aromatic ring is 1. The van der Waals surface area contributed by atoms with Gasteiger partial charge in [-0.25, -0.2) is 15.0 Å². The second-order valence-corrected chi connectivity index (χ2v) is 8.01. The summed E-state index contributed by atoms with van der Waals surface area (Å²) in [5.41, 5.74) is 8.32. The van der Waals surface area contributed by atoms with Gasteiger partial charge < -0.3 is 11.1 Å². The normalized spacial score (nSPS) is 15.3. The van der Waals surface area contributed by atoms with Crippen LogP contribution in [-0.2, 0) is 6.42 Å². The standard InChI is InChI=1S/C19H20ClN5S/c20-14-4-2-1-3-13(14)15-10-16(25-19(21)24-15)17-11-23-18(26-17)9-12-5-7-22-8-6-12/h1-4,10-12,22H,5-9H2,(H2,21,24,25). The number of nitrogens with one attached hydrogen (secondary N) is 1. The lowest BCUT2D eigenvalue weighted by Crippen LogP contribution is -2.28. The minimum Gasteiger partial charge on any atom is -0.368 e. The highest BCUT2D eigenvalue weighted by atomic mass is 35.5. The molecule has 1 saturated heterocycles. The van der Waals surface area contributed by atoms with Crippen molar-refractivity contribution in [3.8, 4) is 21.8 Å². The molecule has 1 aliphatic heterocycles. The van der Waals surface area contributed by atoms with Gasteiger partial charge in [-0.1, -0.05) is 29.8 Å². The molecule has 0 aliphatic carbocycles. The number of hydrogen-bond acceptors (Lipinski definition) is 6. The summed E-state index contributed by atoms with van der Waals surface area (Å²) in [4.78, 5) is 14.4. The Morgan fingerprint density at radius 2 is 1.92 bits per heavy atom. The van der Waals surface area contributed by atoms with Crippen molar-refractivity contribution in [3.05, 3.63) is 46.6 Å². The van der Waals surface area contributed by atoms with Crippen LogP contribution in [-0.4, -0.2) is 28.0 Å². The predicted molar refractivity (Wildman–Crippen MR) is 107 cm³/mol. The Kier molecular flexibility index (Phi) is 5.15. The Balaban J connectivity index is 1.61. The molecule has 0 atom stereocenters. The molecule has 0 spiro atoms. The first-order valence-corrected chi connectivity index (χ1v) is 9.94. The van der Waals surface area contributed by atoms with Gasteiger partial charge in [-0.2, -0.15) is 0 Å². The van der Waals surface area contributed by atoms with Crippen LogP contribution in [0.2, 0.25) is 5.02 Å². The van der Waals surface area contributed by atoms with Crippen molar-refractivity contribution in [1.29, 1.82) is 0 Å². The van der Waals surface area contributed by atoms with E-state index in [9.17, 15) is 0 Å². The van der Waals surface area contributed by atoms with E-state index in [0.29, 0.717) is 10.9 Å². The molecule has 2 aromatic heterocycles. The molecule has 0 saturated carbocycles. The van der Waals surface area contributed by atoms with Crippen LogP contribution in [0.1, 0.15) is 17.8 Å². The largest absolute Gasteiger partial charge is 0.368 e. The summed E-state index contributed by atoms with van der Waals surface area (Å²) in [5, 5.41) is 5.21. The Labute approximate surface area is 161 Å². The number of nitrogens with zero attached hydrogens (tertiary/aromatic N) is 3. The van der Waals surface area contributed by atoms with Gasteiger partial charge in [-0.3, -0.25) is 0 Å². The second-order valence-electron chi connectivity index (χ2n) is 6.49. The SMILES string of the molecule is Nc1nc(-c2cnc(CC3CCNCC3)s2)cc(-c2ccccc2Cl)n1. The molecule has 134 valence electrons. The minimum atomic E-state index is 0.241. The lowest BCUT2D eigenvalue weighted by atomic mass is 9.95. The van der Waals surface area contributed by atoms with Crippen LogP contribution in [0.5, 0.6) is 0 Å². The van der Waals surface area contributed by atoms with Gasteiger partial charge in [-0.15, -0.1) is 11.3 Å². The fraction of sp³-hybridized carbons (Fsp3) is 0.316. The molecule has 3 aromatic rings. The average Bonchev–Trinajstić information content (AvgIpc) is 3.11. The summed E-state index contributed by atoms with van der Waals surface area (Å²) < 4.78 is 0. The fourth-order valence-electron chi connectivity index (χ4n) is 3.25. The van der Waals surface area contributed by atoms with Gasteiger partial charge in [0.2, 0.25) is 5.95 Å². The van der Waals surface area contributed by atoms with Crippen LogP contribution >= 0.6 is 22.9 Å². The van der Waals surface area contributed by atoms with E-state index >= 15 is 0 Å². The lowest BCUT2D eigenvalue weighted by Gasteiger charge is -2.21. The van der Waals surface area contributed by atoms with E-state index in [1.165, 1.54) is 12.8 Å². The topological polar surface area (TPSA) is 76.7 Å². The van der Waals surface area contributed by atoms with Gasteiger partial charge in [0.05, 0.1) is 21.3 Å². The smallest absolute Gasteiger partial charge is 0.221 e. The first-order valence-electron chi connectivity index (χ1n) is 8.74. The molecular weight excluding hydrogens is 366 g/mol. The summed E-state index contributed by atoms with van der Waals surface area (Å²) in [5.74, 6) is 0.954. The van der Waals surface area contributed by atoms with Crippen LogP contribution in [0.4, 0.5) is 5.95 Å². The summed E-state index contributed by atoms with van der Waals surface area (Å²) in [6, 6.07) is 9.54. The number of benzene rings is 1. The molecule has 1 fully saturated rings. The van der Waals surface area contributed by atoms with E-state index in [0.717, 1.165) is 46.3 Å². The average molecular weight is 386 g/mol. The third-order valence-electron chi connectivity index (χ3n) is 4.62. The first kappa shape index (κ1) is 17.4. The minimum absolute atomic E-state index is 0.241. The van der Waals surface area contributed by atoms with E-state index in [2.05, 4.69) is 20.3 Å². The van der Waals surface area contributed by atoms with Gasteiger partial charge in [-0.05, 0) is 44.0 Å². The summed E-state index contributed by atoms with van der Waals surface area (Å²) in [6.45, 7) is 2.21. The fourth-order valence-corrected chi connectivity index (χ4v) is 4.48. The van der Waals surface area contributed by atoms with Crippen molar-refractivity contribution < 1.29 is 0 Å². The van der Waals surface area contributed by atoms with Crippen molar-refractivity contribution in [2.75, 3.05) is 18.8 Å². The summed E-state index contributed by atoms with van der Waals surface area (Å²) >= 11 is 7.99. The van der Waals surface area contributed by atoms with E-state index < -0.39 is 0 Å². The van der Waals surface area contributed by atoms with E-state index in [1.54, 1.807) is 11.3 Å². The molecule has 0 bridgehead atoms. The zero-order valence-corrected chi connectivity index (χ0v) is 15.9. The molecule has 4 rings (SSSR count). The third-order valence-corrected chi connectivity index (χ3v) is 5.99. The van der Waals surface area contributed by atoms with Crippen molar-refractivity contribution in [2.45, 2.75) is 19.3 Å². The Hall–Kier alpha value is -2.02. The van der Waals surface area contributed by atoms with E-state index in [1.807, 2.05) is 36.5 Å². The number of halogens is 1. The molecule has 26 heavy (non-hydrogen) atoms. The molecule has 1 aromatic carbocycles. The molecule has 3 N–H and O–H groups in total. The number of rotatable bonds is 4. The van der Waals surface area contributed by atoms with Gasteiger partial charge in [0, 0.05) is 23.2 Å². The monoisotopic (exact) mass is 385 g/mol. The zero-order valence-electron chi connectivity index (χ0n) is 14.3. The maximum absolute atomic E-state index is 6.31. The highest BCUT2D eigenvalue weighted by Gasteiger charge is 2.17. The van der Waals surface area contributed by atoms with Crippen molar-refractivity contribution in [1.82, 2.24) is 20.3 Å². The maximum Gasteiger partial charge on any atom is 0.221 e. The number of anilines is 1. The number of thiazole rings is 1. The number of aromatic nitrogens is 3. The quantitative estimate of drug-likeness (QED) is 0.708. The molecular formula is C19H20ClN5S. The van der Waals surface area contributed by atoms with Gasteiger partial charge in [0.25, 0.3) is 0 Å². The molecule has 0 amide bonds. The summed E-state index contributed by atoms with van der Waals surface area (Å²) in [6.07, 6.45) is 5.35. The highest BCUT2D eigenvalue weighted by molar-refractivity contribution is 7.15. The van der Waals surface area contributed by atoms with Crippen molar-refractivity contribution in [2.24, 2.45) is 5.92 Å². The van der Waals surface area contributed by atoms with Crippen LogP contribution < -0.4 is 11.1 Å². The maximum atomic E-state index is 6.31. The zero-order chi connectivity index (χ0) is 17.9. The first-order chi connectivity index (χ1) is 12.7. The molecule has 0 unspecified atom stereocenters. The summed E-state index contributed by atoms with van der Waals surface area (Å²) in [7, 11) is 0. The number of piperidine rings is 1. The van der Waals surface area contributed by atoms with Crippen LogP contribution in [0.25, 0.3) is 21.8 Å². The lowest BCUT2D eigenvalue weighted by molar-refractivity contribution is 0.372. The molecule has 7 heteroatoms. The van der Waals surface area contributed by atoms with E-state index in [-0.39, 0.29) is 5.95 Å². The Morgan fingerprint density at radius 3 is 2.73 bits per heavy atom. The number of nitrogens with two attached hydrogens (primary N) is 1. The Bertz CT molecular complexity index is 904. The van der Waals surface area contributed by atoms with E-state index in [4.69, 9.17) is 17.3 Å². The van der Waals surface area contributed by atoms with Crippen LogP contribution in [0.3, 0.4) is 0 Å². The molecule has 1 aliphatic rings. The second kappa shape index (κ2) is 7.70. The molecule has 3 heterocycles. The van der Waals surface area contributed by atoms with Gasteiger partial charge in [0.15, 0.2) is 0 Å².